The molecule has 1 aliphatic heterocycles. The van der Waals surface area contributed by atoms with Crippen LogP contribution in [0.5, 0.6) is 0 Å². The highest BCUT2D eigenvalue weighted by Gasteiger charge is 2.30. The van der Waals surface area contributed by atoms with E-state index in [2.05, 4.69) is 26.6 Å². The Morgan fingerprint density at radius 1 is 1.37 bits per heavy atom. The van der Waals surface area contributed by atoms with Crippen molar-refractivity contribution in [2.45, 2.75) is 31.5 Å². The lowest BCUT2D eigenvalue weighted by molar-refractivity contribution is -0.137. The summed E-state index contributed by atoms with van der Waals surface area (Å²) in [5, 5.41) is 6.55. The maximum atomic E-state index is 12.5. The minimum Gasteiger partial charge on any atom is -0.384 e. The fraction of sp³-hybridized carbons (Fsp3) is 0.538. The Hall–Kier alpha value is -0.750. The maximum absolute atomic E-state index is 12.5. The van der Waals surface area contributed by atoms with E-state index in [4.69, 9.17) is 0 Å². The molecular weight excluding hydrogens is 321 g/mol. The molecule has 0 aliphatic carbocycles. The molecule has 0 spiro atoms. The number of hydrogen-bond donors (Lipinski definition) is 2. The van der Waals surface area contributed by atoms with Crippen LogP contribution in [0, 0.1) is 0 Å². The van der Waals surface area contributed by atoms with Crippen molar-refractivity contribution < 1.29 is 13.2 Å². The van der Waals surface area contributed by atoms with Crippen LogP contribution < -0.4 is 10.6 Å². The van der Waals surface area contributed by atoms with Crippen LogP contribution in [0.4, 0.5) is 18.9 Å². The molecule has 1 saturated heterocycles. The first-order chi connectivity index (χ1) is 8.97. The van der Waals surface area contributed by atoms with Crippen LogP contribution in [-0.2, 0) is 6.18 Å². The smallest absolute Gasteiger partial charge is 0.384 e. The molecule has 0 bridgehead atoms. The number of nitrogens with one attached hydrogen (secondary N) is 2. The quantitative estimate of drug-likeness (QED) is 0.867. The van der Waals surface area contributed by atoms with Crippen molar-refractivity contribution >= 4 is 21.6 Å². The van der Waals surface area contributed by atoms with Crippen molar-refractivity contribution in [1.82, 2.24) is 5.32 Å². The molecule has 0 radical (unpaired) electrons. The molecule has 2 nitrogen and oxygen atoms in total. The Bertz CT molecular complexity index is 428. The van der Waals surface area contributed by atoms with Crippen LogP contribution in [-0.4, -0.2) is 19.1 Å². The summed E-state index contributed by atoms with van der Waals surface area (Å²) in [5.41, 5.74) is 0.0633. The second-order valence-electron chi connectivity index (χ2n) is 4.70. The van der Waals surface area contributed by atoms with Gasteiger partial charge in [0.15, 0.2) is 0 Å². The number of halogens is 4. The van der Waals surface area contributed by atoms with Crippen LogP contribution in [0.1, 0.15) is 24.8 Å². The highest BCUT2D eigenvalue weighted by Crippen LogP contribution is 2.33. The molecule has 1 aromatic carbocycles. The molecule has 1 fully saturated rings. The molecule has 0 amide bonds. The summed E-state index contributed by atoms with van der Waals surface area (Å²) in [6.45, 7) is 1.82. The van der Waals surface area contributed by atoms with Crippen LogP contribution in [0.25, 0.3) is 0 Å². The number of anilines is 1. The van der Waals surface area contributed by atoms with Crippen LogP contribution in [0.15, 0.2) is 22.7 Å². The van der Waals surface area contributed by atoms with Gasteiger partial charge in [0.2, 0.25) is 0 Å². The summed E-state index contributed by atoms with van der Waals surface area (Å²) in [5.74, 6) is 0. The largest absolute Gasteiger partial charge is 0.416 e. The van der Waals surface area contributed by atoms with E-state index in [9.17, 15) is 13.2 Å². The van der Waals surface area contributed by atoms with Crippen molar-refractivity contribution in [1.29, 1.82) is 0 Å². The Morgan fingerprint density at radius 2 is 2.16 bits per heavy atom. The SMILES string of the molecule is FC(F)(F)c1ccc(NCCC2CCCN2)c(Br)c1. The number of alkyl halides is 3. The van der Waals surface area contributed by atoms with Gasteiger partial charge in [-0.15, -0.1) is 0 Å². The normalized spacial score (nSPS) is 19.7. The summed E-state index contributed by atoms with van der Waals surface area (Å²) < 4.78 is 38.0. The third-order valence-corrected chi connectivity index (χ3v) is 3.92. The summed E-state index contributed by atoms with van der Waals surface area (Å²) >= 11 is 3.18. The van der Waals surface area contributed by atoms with Gasteiger partial charge in [-0.2, -0.15) is 13.2 Å². The molecule has 6 heteroatoms. The molecule has 1 aromatic rings. The number of rotatable bonds is 4. The zero-order chi connectivity index (χ0) is 13.9. The van der Waals surface area contributed by atoms with Gasteiger partial charge in [0.1, 0.15) is 0 Å². The van der Waals surface area contributed by atoms with E-state index in [1.165, 1.54) is 18.9 Å². The van der Waals surface area contributed by atoms with E-state index in [-0.39, 0.29) is 0 Å². The van der Waals surface area contributed by atoms with E-state index in [1.54, 1.807) is 0 Å². The fourth-order valence-electron chi connectivity index (χ4n) is 2.22. The monoisotopic (exact) mass is 336 g/mol. The third-order valence-electron chi connectivity index (χ3n) is 3.27. The molecule has 106 valence electrons. The van der Waals surface area contributed by atoms with Gasteiger partial charge >= 0.3 is 6.18 Å². The van der Waals surface area contributed by atoms with Gasteiger partial charge < -0.3 is 10.6 Å². The molecule has 2 N–H and O–H groups in total. The van der Waals surface area contributed by atoms with Crippen LogP contribution in [0.2, 0.25) is 0 Å². The van der Waals surface area contributed by atoms with E-state index in [1.807, 2.05) is 0 Å². The van der Waals surface area contributed by atoms with E-state index < -0.39 is 11.7 Å². The molecule has 2 rings (SSSR count). The zero-order valence-electron chi connectivity index (χ0n) is 10.4. The molecule has 0 saturated carbocycles. The zero-order valence-corrected chi connectivity index (χ0v) is 11.9. The average Bonchev–Trinajstić information content (AvgIpc) is 2.83. The average molecular weight is 337 g/mol. The third kappa shape index (κ3) is 4.11. The van der Waals surface area contributed by atoms with Gasteiger partial charge in [-0.25, -0.2) is 0 Å². The van der Waals surface area contributed by atoms with Crippen LogP contribution >= 0.6 is 15.9 Å². The van der Waals surface area contributed by atoms with E-state index in [0.717, 1.165) is 31.6 Å². The number of hydrogen-bond acceptors (Lipinski definition) is 2. The first kappa shape index (κ1) is 14.7. The van der Waals surface area contributed by atoms with Crippen molar-refractivity contribution in [3.63, 3.8) is 0 Å². The molecule has 1 atom stereocenters. The predicted molar refractivity (Wildman–Crippen MR) is 73.3 cm³/mol. The predicted octanol–water partition coefficient (Wildman–Crippen LogP) is 4.02. The minimum absolute atomic E-state index is 0.446. The Balaban J connectivity index is 1.90. The Kier molecular flexibility index (Phi) is 4.73. The molecule has 0 aromatic heterocycles. The molecule has 1 unspecified atom stereocenters. The molecule has 1 aliphatic rings. The van der Waals surface area contributed by atoms with Gasteiger partial charge in [-0.1, -0.05) is 0 Å². The van der Waals surface area contributed by atoms with Gasteiger partial charge in [-0.05, 0) is 59.9 Å². The highest BCUT2D eigenvalue weighted by atomic mass is 79.9. The highest BCUT2D eigenvalue weighted by molar-refractivity contribution is 9.10. The molecule has 19 heavy (non-hydrogen) atoms. The summed E-state index contributed by atoms with van der Waals surface area (Å²) in [6, 6.07) is 4.20. The lowest BCUT2D eigenvalue weighted by Crippen LogP contribution is -2.24. The molecular formula is C13H16BrF3N2. The van der Waals surface area contributed by atoms with Crippen molar-refractivity contribution in [2.24, 2.45) is 0 Å². The van der Waals surface area contributed by atoms with Crippen molar-refractivity contribution in [3.05, 3.63) is 28.2 Å². The standard InChI is InChI=1S/C13H16BrF3N2/c14-11-8-9(13(15,16)17)3-4-12(11)19-7-5-10-2-1-6-18-10/h3-4,8,10,18-19H,1-2,5-7H2. The minimum atomic E-state index is -4.30. The lowest BCUT2D eigenvalue weighted by Gasteiger charge is -2.14. The second kappa shape index (κ2) is 6.13. The van der Waals surface area contributed by atoms with Gasteiger partial charge in [0.25, 0.3) is 0 Å². The molecule has 1 heterocycles. The van der Waals surface area contributed by atoms with Crippen molar-refractivity contribution in [3.8, 4) is 0 Å². The second-order valence-corrected chi connectivity index (χ2v) is 5.56. The van der Waals surface area contributed by atoms with Crippen molar-refractivity contribution in [2.75, 3.05) is 18.4 Å². The first-order valence-electron chi connectivity index (χ1n) is 6.31. The number of benzene rings is 1. The van der Waals surface area contributed by atoms with Gasteiger partial charge in [-0.3, -0.25) is 0 Å². The lowest BCUT2D eigenvalue weighted by atomic mass is 10.1. The topological polar surface area (TPSA) is 24.1 Å². The Morgan fingerprint density at radius 3 is 2.74 bits per heavy atom. The summed E-state index contributed by atoms with van der Waals surface area (Å²) in [6.07, 6.45) is -0.938. The Labute approximate surface area is 118 Å². The van der Waals surface area contributed by atoms with Gasteiger partial charge in [0, 0.05) is 22.7 Å². The van der Waals surface area contributed by atoms with Crippen LogP contribution in [0.3, 0.4) is 0 Å². The van der Waals surface area contributed by atoms with E-state index in [0.29, 0.717) is 16.2 Å². The van der Waals surface area contributed by atoms with Gasteiger partial charge in [0.05, 0.1) is 5.56 Å². The summed E-state index contributed by atoms with van der Waals surface area (Å²) in [7, 11) is 0. The first-order valence-corrected chi connectivity index (χ1v) is 7.10. The summed E-state index contributed by atoms with van der Waals surface area (Å²) in [4.78, 5) is 0. The fourth-order valence-corrected chi connectivity index (χ4v) is 2.74. The maximum Gasteiger partial charge on any atom is 0.416 e. The van der Waals surface area contributed by atoms with E-state index >= 15 is 0 Å².